The first-order valence-corrected chi connectivity index (χ1v) is 10.5. The Morgan fingerprint density at radius 3 is 2.66 bits per heavy atom. The average molecular weight is 447 g/mol. The molecule has 1 unspecified atom stereocenters. The highest BCUT2D eigenvalue weighted by atomic mass is 19.3. The molecule has 1 fully saturated rings. The number of halogens is 2. The van der Waals surface area contributed by atoms with Gasteiger partial charge in [-0.25, -0.2) is 4.79 Å². The van der Waals surface area contributed by atoms with Gasteiger partial charge in [-0.2, -0.15) is 8.78 Å². The number of benzene rings is 2. The molecule has 1 saturated heterocycles. The standard InChI is InChI=1S/C23H27F2N3O4/c1-31-19-10-9-16(14-20(19)32-22(24)25)11-12-26-21(29)17-6-5-13-28(15-17)23(30)27-18-7-3-2-4-8-18/h2-4,7-10,14,17,22H,5-6,11-13,15H2,1H3,(H,26,29)(H,27,30). The second-order valence-corrected chi connectivity index (χ2v) is 7.49. The third kappa shape index (κ3) is 6.57. The Bertz CT molecular complexity index is 911. The van der Waals surface area contributed by atoms with Crippen molar-refractivity contribution in [1.82, 2.24) is 10.2 Å². The molecule has 1 aliphatic heterocycles. The topological polar surface area (TPSA) is 79.9 Å². The van der Waals surface area contributed by atoms with Crippen LogP contribution in [0.25, 0.3) is 0 Å². The van der Waals surface area contributed by atoms with Crippen LogP contribution < -0.4 is 20.1 Å². The van der Waals surface area contributed by atoms with E-state index in [0.29, 0.717) is 38.2 Å². The quantitative estimate of drug-likeness (QED) is 0.643. The van der Waals surface area contributed by atoms with Crippen LogP contribution in [0, 0.1) is 5.92 Å². The van der Waals surface area contributed by atoms with Crippen LogP contribution >= 0.6 is 0 Å². The molecule has 3 amide bonds. The van der Waals surface area contributed by atoms with Gasteiger partial charge in [0.2, 0.25) is 5.91 Å². The van der Waals surface area contributed by atoms with Crippen molar-refractivity contribution >= 4 is 17.6 Å². The number of rotatable bonds is 8. The molecule has 2 N–H and O–H groups in total. The summed E-state index contributed by atoms with van der Waals surface area (Å²) in [6, 6.07) is 13.7. The highest BCUT2D eigenvalue weighted by Crippen LogP contribution is 2.29. The summed E-state index contributed by atoms with van der Waals surface area (Å²) < 4.78 is 34.7. The SMILES string of the molecule is COc1ccc(CCNC(=O)C2CCCN(C(=O)Nc3ccccc3)C2)cc1OC(F)F. The molecule has 0 saturated carbocycles. The highest BCUT2D eigenvalue weighted by molar-refractivity contribution is 5.90. The van der Waals surface area contributed by atoms with Crippen LogP contribution in [-0.4, -0.2) is 50.2 Å². The molecule has 1 aliphatic rings. The van der Waals surface area contributed by atoms with Gasteiger partial charge in [-0.3, -0.25) is 4.79 Å². The van der Waals surface area contributed by atoms with Gasteiger partial charge in [0.05, 0.1) is 13.0 Å². The second-order valence-electron chi connectivity index (χ2n) is 7.49. The van der Waals surface area contributed by atoms with Crippen LogP contribution in [-0.2, 0) is 11.2 Å². The lowest BCUT2D eigenvalue weighted by atomic mass is 9.97. The molecule has 172 valence electrons. The molecular formula is C23H27F2N3O4. The van der Waals surface area contributed by atoms with Crippen LogP contribution in [0.4, 0.5) is 19.3 Å². The lowest BCUT2D eigenvalue weighted by Crippen LogP contribution is -2.47. The Hall–Kier alpha value is -3.36. The van der Waals surface area contributed by atoms with E-state index in [4.69, 9.17) is 4.74 Å². The number of hydrogen-bond donors (Lipinski definition) is 2. The summed E-state index contributed by atoms with van der Waals surface area (Å²) in [5.74, 6) is -0.244. The number of carbonyl (C=O) groups excluding carboxylic acids is 2. The molecule has 0 bridgehead atoms. The number of nitrogens with zero attached hydrogens (tertiary/aromatic N) is 1. The Labute approximate surface area is 185 Å². The molecule has 2 aromatic carbocycles. The summed E-state index contributed by atoms with van der Waals surface area (Å²) in [6.45, 7) is -1.67. The second kappa shape index (κ2) is 11.3. The first-order chi connectivity index (χ1) is 15.5. The predicted octanol–water partition coefficient (Wildman–Crippen LogP) is 3.90. The Balaban J connectivity index is 1.49. The van der Waals surface area contributed by atoms with E-state index in [0.717, 1.165) is 12.0 Å². The van der Waals surface area contributed by atoms with Gasteiger partial charge in [0.15, 0.2) is 11.5 Å². The van der Waals surface area contributed by atoms with Gasteiger partial charge in [-0.1, -0.05) is 24.3 Å². The normalized spacial score (nSPS) is 15.9. The molecule has 2 aromatic rings. The smallest absolute Gasteiger partial charge is 0.387 e. The van der Waals surface area contributed by atoms with Crippen LogP contribution in [0.15, 0.2) is 48.5 Å². The zero-order chi connectivity index (χ0) is 22.9. The molecule has 7 nitrogen and oxygen atoms in total. The van der Waals surface area contributed by atoms with Crippen LogP contribution in [0.2, 0.25) is 0 Å². The first-order valence-electron chi connectivity index (χ1n) is 10.5. The van der Waals surface area contributed by atoms with Gasteiger partial charge < -0.3 is 25.0 Å². The number of amides is 3. The molecule has 9 heteroatoms. The number of carbonyl (C=O) groups is 2. The Morgan fingerprint density at radius 2 is 1.94 bits per heavy atom. The van der Waals surface area contributed by atoms with E-state index in [-0.39, 0.29) is 29.4 Å². The van der Waals surface area contributed by atoms with Crippen LogP contribution in [0.3, 0.4) is 0 Å². The maximum Gasteiger partial charge on any atom is 0.387 e. The van der Waals surface area contributed by atoms with E-state index < -0.39 is 6.61 Å². The van der Waals surface area contributed by atoms with Crippen molar-refractivity contribution in [2.24, 2.45) is 5.92 Å². The minimum atomic E-state index is -2.95. The highest BCUT2D eigenvalue weighted by Gasteiger charge is 2.28. The predicted molar refractivity (Wildman–Crippen MR) is 116 cm³/mol. The van der Waals surface area contributed by atoms with Crippen molar-refractivity contribution < 1.29 is 27.8 Å². The zero-order valence-electron chi connectivity index (χ0n) is 17.9. The van der Waals surface area contributed by atoms with Crippen LogP contribution in [0.5, 0.6) is 11.5 Å². The monoisotopic (exact) mass is 447 g/mol. The summed E-state index contributed by atoms with van der Waals surface area (Å²) in [7, 11) is 1.38. The fourth-order valence-electron chi connectivity index (χ4n) is 3.64. The summed E-state index contributed by atoms with van der Waals surface area (Å²) in [4.78, 5) is 26.8. The van der Waals surface area contributed by atoms with Gasteiger partial charge in [0.1, 0.15) is 0 Å². The zero-order valence-corrected chi connectivity index (χ0v) is 17.9. The van der Waals surface area contributed by atoms with E-state index in [9.17, 15) is 18.4 Å². The first kappa shape index (κ1) is 23.3. The number of methoxy groups -OCH3 is 1. The van der Waals surface area contributed by atoms with Crippen molar-refractivity contribution in [2.45, 2.75) is 25.9 Å². The fourth-order valence-corrected chi connectivity index (χ4v) is 3.64. The lowest BCUT2D eigenvalue weighted by Gasteiger charge is -2.32. The number of alkyl halides is 2. The number of ether oxygens (including phenoxy) is 2. The maximum atomic E-state index is 12.6. The minimum Gasteiger partial charge on any atom is -0.493 e. The van der Waals surface area contributed by atoms with Gasteiger partial charge in [-0.05, 0) is 49.1 Å². The number of urea groups is 1. The van der Waals surface area contributed by atoms with Crippen molar-refractivity contribution in [2.75, 3.05) is 32.1 Å². The summed E-state index contributed by atoms with van der Waals surface area (Å²) in [5.41, 5.74) is 1.44. The molecule has 0 aliphatic carbocycles. The molecule has 0 radical (unpaired) electrons. The van der Waals surface area contributed by atoms with Crippen molar-refractivity contribution in [3.8, 4) is 11.5 Å². The fraction of sp³-hybridized carbons (Fsp3) is 0.391. The number of hydrogen-bond acceptors (Lipinski definition) is 4. The van der Waals surface area contributed by atoms with E-state index in [1.165, 1.54) is 13.2 Å². The number of piperidine rings is 1. The summed E-state index contributed by atoms with van der Waals surface area (Å²) >= 11 is 0. The molecule has 1 atom stereocenters. The average Bonchev–Trinajstić information content (AvgIpc) is 2.79. The van der Waals surface area contributed by atoms with Crippen LogP contribution in [0.1, 0.15) is 18.4 Å². The van der Waals surface area contributed by atoms with Gasteiger partial charge in [0.25, 0.3) is 0 Å². The van der Waals surface area contributed by atoms with E-state index in [1.54, 1.807) is 17.0 Å². The number of anilines is 1. The maximum absolute atomic E-state index is 12.6. The summed E-state index contributed by atoms with van der Waals surface area (Å²) in [6.07, 6.45) is 1.89. The molecule has 1 heterocycles. The third-order valence-electron chi connectivity index (χ3n) is 5.26. The van der Waals surface area contributed by atoms with E-state index in [2.05, 4.69) is 15.4 Å². The number of likely N-dealkylation sites (tertiary alicyclic amines) is 1. The third-order valence-corrected chi connectivity index (χ3v) is 5.26. The van der Waals surface area contributed by atoms with Gasteiger partial charge >= 0.3 is 12.6 Å². The van der Waals surface area contributed by atoms with Crippen molar-refractivity contribution in [3.63, 3.8) is 0 Å². The Morgan fingerprint density at radius 1 is 1.16 bits per heavy atom. The van der Waals surface area contributed by atoms with Gasteiger partial charge in [0, 0.05) is 25.3 Å². The largest absolute Gasteiger partial charge is 0.493 e. The van der Waals surface area contributed by atoms with E-state index >= 15 is 0 Å². The number of nitrogens with one attached hydrogen (secondary N) is 2. The van der Waals surface area contributed by atoms with Gasteiger partial charge in [-0.15, -0.1) is 0 Å². The Kier molecular flexibility index (Phi) is 8.24. The molecule has 32 heavy (non-hydrogen) atoms. The molecule has 0 spiro atoms. The van der Waals surface area contributed by atoms with Crippen molar-refractivity contribution in [3.05, 3.63) is 54.1 Å². The summed E-state index contributed by atoms with van der Waals surface area (Å²) in [5, 5.41) is 5.72. The molecule has 3 rings (SSSR count). The number of para-hydroxylation sites is 1. The minimum absolute atomic E-state index is 0.0429. The lowest BCUT2D eigenvalue weighted by molar-refractivity contribution is -0.126. The molecular weight excluding hydrogens is 420 g/mol. The molecule has 0 aromatic heterocycles. The van der Waals surface area contributed by atoms with Crippen molar-refractivity contribution in [1.29, 1.82) is 0 Å². The van der Waals surface area contributed by atoms with E-state index in [1.807, 2.05) is 30.3 Å².